The van der Waals surface area contributed by atoms with E-state index in [0.29, 0.717) is 11.1 Å². The van der Waals surface area contributed by atoms with Crippen molar-refractivity contribution in [3.05, 3.63) is 95.1 Å². The molecular formula is C22H23FN2O4S2. The fraction of sp³-hybridized carbons (Fsp3) is 0.227. The average molecular weight is 463 g/mol. The van der Waals surface area contributed by atoms with Crippen LogP contribution in [0.2, 0.25) is 0 Å². The second-order valence-electron chi connectivity index (χ2n) is 7.32. The minimum Gasteiger partial charge on any atom is -0.264 e. The van der Waals surface area contributed by atoms with Crippen molar-refractivity contribution >= 4 is 19.9 Å². The zero-order valence-corrected chi connectivity index (χ0v) is 18.8. The molecule has 6 nitrogen and oxygen atoms in total. The summed E-state index contributed by atoms with van der Waals surface area (Å²) in [5.41, 5.74) is 2.12. The normalized spacial score (nSPS) is 13.1. The molecule has 9 heteroatoms. The van der Waals surface area contributed by atoms with Crippen molar-refractivity contribution in [3.63, 3.8) is 0 Å². The highest BCUT2D eigenvalue weighted by Crippen LogP contribution is 2.29. The summed E-state index contributed by atoms with van der Waals surface area (Å²) < 4.78 is 67.9. The molecule has 0 spiro atoms. The number of rotatable bonds is 8. The Labute approximate surface area is 182 Å². The number of aromatic nitrogens is 1. The number of hydrogen-bond acceptors (Lipinski definition) is 5. The maximum Gasteiger partial charge on any atom is 0.215 e. The van der Waals surface area contributed by atoms with Crippen molar-refractivity contribution in [2.45, 2.75) is 29.7 Å². The predicted molar refractivity (Wildman–Crippen MR) is 117 cm³/mol. The molecule has 1 heterocycles. The van der Waals surface area contributed by atoms with Gasteiger partial charge in [0, 0.05) is 18.9 Å². The number of halogens is 1. The molecule has 0 saturated carbocycles. The van der Waals surface area contributed by atoms with E-state index in [-0.39, 0.29) is 22.8 Å². The fourth-order valence-electron chi connectivity index (χ4n) is 3.09. The van der Waals surface area contributed by atoms with Crippen LogP contribution in [0.1, 0.15) is 27.5 Å². The van der Waals surface area contributed by atoms with Crippen molar-refractivity contribution in [1.82, 2.24) is 9.71 Å². The predicted octanol–water partition coefficient (Wildman–Crippen LogP) is 3.47. The highest BCUT2D eigenvalue weighted by Gasteiger charge is 2.31. The Bertz CT molecular complexity index is 1260. The van der Waals surface area contributed by atoms with E-state index in [2.05, 4.69) is 9.71 Å². The summed E-state index contributed by atoms with van der Waals surface area (Å²) in [6, 6.07) is 13.7. The van der Waals surface area contributed by atoms with Crippen LogP contribution >= 0.6 is 0 Å². The van der Waals surface area contributed by atoms with Crippen LogP contribution in [0.4, 0.5) is 4.39 Å². The highest BCUT2D eigenvalue weighted by molar-refractivity contribution is 7.92. The van der Waals surface area contributed by atoms with E-state index in [1.165, 1.54) is 31.5 Å². The highest BCUT2D eigenvalue weighted by atomic mass is 32.2. The molecule has 0 unspecified atom stereocenters. The fourth-order valence-corrected chi connectivity index (χ4v) is 6.08. The van der Waals surface area contributed by atoms with Crippen molar-refractivity contribution < 1.29 is 21.2 Å². The summed E-state index contributed by atoms with van der Waals surface area (Å²) in [5.74, 6) is -0.793. The molecule has 3 rings (SSSR count). The van der Waals surface area contributed by atoms with Gasteiger partial charge >= 0.3 is 0 Å². The molecule has 0 aliphatic carbocycles. The SMILES string of the molecule is Cc1ccc(CS(=O)(=O)NC[C@@H](c2cccnc2)S(=O)(=O)c2ccc(F)c(C)c2)cc1. The molecule has 0 aliphatic heterocycles. The third-order valence-corrected chi connectivity index (χ3v) is 8.27. The van der Waals surface area contributed by atoms with Crippen molar-refractivity contribution in [3.8, 4) is 0 Å². The van der Waals surface area contributed by atoms with Gasteiger partial charge in [0.25, 0.3) is 0 Å². The molecule has 2 aromatic carbocycles. The Kier molecular flexibility index (Phi) is 6.88. The van der Waals surface area contributed by atoms with E-state index < -0.39 is 30.9 Å². The molecule has 1 atom stereocenters. The third kappa shape index (κ3) is 5.75. The molecule has 31 heavy (non-hydrogen) atoms. The number of benzene rings is 2. The Morgan fingerprint density at radius 2 is 1.71 bits per heavy atom. The lowest BCUT2D eigenvalue weighted by molar-refractivity contribution is 0.567. The van der Waals surface area contributed by atoms with E-state index in [4.69, 9.17) is 0 Å². The van der Waals surface area contributed by atoms with Crippen LogP contribution in [0, 0.1) is 19.7 Å². The van der Waals surface area contributed by atoms with Crippen molar-refractivity contribution in [1.29, 1.82) is 0 Å². The summed E-state index contributed by atoms with van der Waals surface area (Å²) in [7, 11) is -7.83. The lowest BCUT2D eigenvalue weighted by atomic mass is 10.2. The zero-order chi connectivity index (χ0) is 22.6. The second-order valence-corrected chi connectivity index (χ2v) is 11.3. The minimum atomic E-state index is -4.03. The molecule has 0 bridgehead atoms. The molecule has 0 saturated heterocycles. The van der Waals surface area contributed by atoms with Crippen LogP contribution in [0.25, 0.3) is 0 Å². The summed E-state index contributed by atoms with van der Waals surface area (Å²) >= 11 is 0. The molecule has 1 aromatic heterocycles. The monoisotopic (exact) mass is 462 g/mol. The van der Waals surface area contributed by atoms with Gasteiger partial charge < -0.3 is 0 Å². The molecule has 0 radical (unpaired) electrons. The van der Waals surface area contributed by atoms with Crippen LogP contribution in [0.3, 0.4) is 0 Å². The van der Waals surface area contributed by atoms with Gasteiger partial charge in [0.1, 0.15) is 11.1 Å². The van der Waals surface area contributed by atoms with Crippen molar-refractivity contribution in [2.24, 2.45) is 0 Å². The average Bonchev–Trinajstić information content (AvgIpc) is 2.72. The van der Waals surface area contributed by atoms with E-state index >= 15 is 0 Å². The first-order valence-corrected chi connectivity index (χ1v) is 12.7. The first-order valence-electron chi connectivity index (χ1n) is 9.51. The van der Waals surface area contributed by atoms with Gasteiger partial charge in [-0.1, -0.05) is 35.9 Å². The molecule has 0 aliphatic rings. The molecule has 0 amide bonds. The van der Waals surface area contributed by atoms with Gasteiger partial charge in [-0.3, -0.25) is 4.98 Å². The van der Waals surface area contributed by atoms with Gasteiger partial charge in [0.15, 0.2) is 9.84 Å². The van der Waals surface area contributed by atoms with Gasteiger partial charge in [0.2, 0.25) is 10.0 Å². The van der Waals surface area contributed by atoms with E-state index in [1.807, 2.05) is 19.1 Å². The largest absolute Gasteiger partial charge is 0.264 e. The van der Waals surface area contributed by atoms with Crippen LogP contribution < -0.4 is 4.72 Å². The Morgan fingerprint density at radius 1 is 1.00 bits per heavy atom. The van der Waals surface area contributed by atoms with E-state index in [1.54, 1.807) is 24.3 Å². The summed E-state index contributed by atoms with van der Waals surface area (Å²) in [6.07, 6.45) is 2.88. The number of sulfonamides is 1. The Hall–Kier alpha value is -2.62. The number of pyridine rings is 1. The molecule has 164 valence electrons. The number of nitrogens with zero attached hydrogens (tertiary/aromatic N) is 1. The number of hydrogen-bond donors (Lipinski definition) is 1. The van der Waals surface area contributed by atoms with Crippen LogP contribution in [0.5, 0.6) is 0 Å². The van der Waals surface area contributed by atoms with Gasteiger partial charge in [-0.05, 0) is 54.8 Å². The summed E-state index contributed by atoms with van der Waals surface area (Å²) in [4.78, 5) is 3.88. The van der Waals surface area contributed by atoms with Gasteiger partial charge in [-0.2, -0.15) is 0 Å². The van der Waals surface area contributed by atoms with E-state index in [0.717, 1.165) is 11.6 Å². The topological polar surface area (TPSA) is 93.2 Å². The molecular weight excluding hydrogens is 439 g/mol. The Morgan fingerprint density at radius 3 is 2.32 bits per heavy atom. The lowest BCUT2D eigenvalue weighted by Gasteiger charge is -2.19. The standard InChI is InChI=1S/C22H23FN2O4S2/c1-16-5-7-18(8-6-16)15-30(26,27)25-14-22(19-4-3-11-24-13-19)31(28,29)20-9-10-21(23)17(2)12-20/h3-13,22,25H,14-15H2,1-2H3/t22-/m0/s1. The third-order valence-electron chi connectivity index (χ3n) is 4.85. The molecule has 3 aromatic rings. The van der Waals surface area contributed by atoms with Crippen molar-refractivity contribution in [2.75, 3.05) is 6.54 Å². The molecule has 0 fully saturated rings. The molecule has 1 N–H and O–H groups in total. The maximum atomic E-state index is 13.7. The summed E-state index contributed by atoms with van der Waals surface area (Å²) in [6.45, 7) is 2.99. The first-order chi connectivity index (χ1) is 14.6. The first kappa shape index (κ1) is 23.1. The maximum absolute atomic E-state index is 13.7. The van der Waals surface area contributed by atoms with Crippen LogP contribution in [-0.2, 0) is 25.6 Å². The lowest BCUT2D eigenvalue weighted by Crippen LogP contribution is -2.32. The summed E-state index contributed by atoms with van der Waals surface area (Å²) in [5, 5.41) is -1.22. The Balaban J connectivity index is 1.89. The quantitative estimate of drug-likeness (QED) is 0.518. The van der Waals surface area contributed by atoms with Crippen LogP contribution in [-0.4, -0.2) is 28.4 Å². The number of nitrogens with one attached hydrogen (secondary N) is 1. The zero-order valence-electron chi connectivity index (χ0n) is 17.1. The van der Waals surface area contributed by atoms with E-state index in [9.17, 15) is 21.2 Å². The van der Waals surface area contributed by atoms with Gasteiger partial charge in [0.05, 0.1) is 10.6 Å². The van der Waals surface area contributed by atoms with Gasteiger partial charge in [-0.15, -0.1) is 0 Å². The second kappa shape index (κ2) is 9.25. The smallest absolute Gasteiger partial charge is 0.215 e. The van der Waals surface area contributed by atoms with Crippen LogP contribution in [0.15, 0.2) is 71.9 Å². The minimum absolute atomic E-state index is 0.0852. The van der Waals surface area contributed by atoms with Gasteiger partial charge in [-0.25, -0.2) is 25.9 Å². The number of sulfone groups is 1. The number of aryl methyl sites for hydroxylation is 2.